The van der Waals surface area contributed by atoms with E-state index in [1.165, 1.54) is 16.6 Å². The first kappa shape index (κ1) is 22.9. The van der Waals surface area contributed by atoms with E-state index < -0.39 is 10.0 Å². The van der Waals surface area contributed by atoms with Crippen molar-refractivity contribution in [2.75, 3.05) is 31.6 Å². The molecule has 34 heavy (non-hydrogen) atoms. The van der Waals surface area contributed by atoms with Gasteiger partial charge in [0.1, 0.15) is 16.4 Å². The summed E-state index contributed by atoms with van der Waals surface area (Å²) in [5, 5.41) is 3.87. The standard InChI is InChI=1S/C23H28N6O4S/c1-2-16-13-17-14-25-23(27-21(17)29(22(16)30)18-5-3-4-6-18)26-20-8-7-19(15-24-20)34(31,32)28-9-11-33-12-10-28/h7-8,13-15,18H,2-6,9-12H2,1H3,(H,24,25,26,27). The molecule has 5 rings (SSSR count). The molecule has 1 aliphatic carbocycles. The van der Waals surface area contributed by atoms with Crippen molar-refractivity contribution in [2.24, 2.45) is 0 Å². The van der Waals surface area contributed by atoms with E-state index >= 15 is 0 Å². The van der Waals surface area contributed by atoms with E-state index in [1.807, 2.05) is 17.6 Å². The van der Waals surface area contributed by atoms with Crippen LogP contribution in [0.15, 0.2) is 40.3 Å². The fourth-order valence-corrected chi connectivity index (χ4v) is 6.00. The molecule has 180 valence electrons. The fourth-order valence-electron chi connectivity index (χ4n) is 4.65. The van der Waals surface area contributed by atoms with E-state index in [1.54, 1.807) is 12.3 Å². The minimum absolute atomic E-state index is 0.0161. The second-order valence-corrected chi connectivity index (χ2v) is 10.6. The van der Waals surface area contributed by atoms with Crippen molar-refractivity contribution in [1.82, 2.24) is 23.8 Å². The number of aromatic nitrogens is 4. The summed E-state index contributed by atoms with van der Waals surface area (Å²) in [4.78, 5) is 26.6. The number of pyridine rings is 2. The predicted octanol–water partition coefficient (Wildman–Crippen LogP) is 2.63. The Morgan fingerprint density at radius 3 is 2.56 bits per heavy atom. The van der Waals surface area contributed by atoms with Gasteiger partial charge >= 0.3 is 0 Å². The van der Waals surface area contributed by atoms with Crippen molar-refractivity contribution in [3.05, 3.63) is 46.5 Å². The second-order valence-electron chi connectivity index (χ2n) is 8.63. The Morgan fingerprint density at radius 2 is 1.88 bits per heavy atom. The number of nitrogens with one attached hydrogen (secondary N) is 1. The van der Waals surface area contributed by atoms with Crippen LogP contribution in [0.1, 0.15) is 44.2 Å². The van der Waals surface area contributed by atoms with Gasteiger partial charge in [-0.3, -0.25) is 9.36 Å². The fraction of sp³-hybridized carbons (Fsp3) is 0.478. The maximum atomic E-state index is 13.1. The molecule has 10 nitrogen and oxygen atoms in total. The zero-order chi connectivity index (χ0) is 23.7. The average molecular weight is 485 g/mol. The number of morpholine rings is 1. The number of fused-ring (bicyclic) bond motifs is 1. The van der Waals surface area contributed by atoms with Crippen LogP contribution in [0.3, 0.4) is 0 Å². The SMILES string of the molecule is CCc1cc2cnc(Nc3ccc(S(=O)(=O)N4CCOCC4)cn3)nc2n(C2CCCC2)c1=O. The third kappa shape index (κ3) is 4.30. The molecule has 0 bridgehead atoms. The zero-order valence-corrected chi connectivity index (χ0v) is 19.9. The Balaban J connectivity index is 1.44. The summed E-state index contributed by atoms with van der Waals surface area (Å²) in [7, 11) is -3.61. The Hall–Kier alpha value is -2.89. The number of hydrogen-bond donors (Lipinski definition) is 1. The van der Waals surface area contributed by atoms with E-state index in [4.69, 9.17) is 4.74 Å². The summed E-state index contributed by atoms with van der Waals surface area (Å²) >= 11 is 0. The van der Waals surface area contributed by atoms with Gasteiger partial charge in [-0.15, -0.1) is 0 Å². The number of aryl methyl sites for hydroxylation is 1. The molecule has 0 atom stereocenters. The molecule has 0 amide bonds. The van der Waals surface area contributed by atoms with Crippen molar-refractivity contribution in [1.29, 1.82) is 0 Å². The molecule has 4 heterocycles. The molecule has 0 radical (unpaired) electrons. The number of hydrogen-bond acceptors (Lipinski definition) is 8. The van der Waals surface area contributed by atoms with Crippen molar-refractivity contribution >= 4 is 32.8 Å². The minimum atomic E-state index is -3.61. The summed E-state index contributed by atoms with van der Waals surface area (Å²) in [6, 6.07) is 5.12. The van der Waals surface area contributed by atoms with Crippen molar-refractivity contribution in [2.45, 2.75) is 50.0 Å². The summed E-state index contributed by atoms with van der Waals surface area (Å²) in [6.45, 7) is 3.41. The summed E-state index contributed by atoms with van der Waals surface area (Å²) in [5.41, 5.74) is 1.39. The summed E-state index contributed by atoms with van der Waals surface area (Å²) in [5.74, 6) is 0.722. The van der Waals surface area contributed by atoms with E-state index in [2.05, 4.69) is 20.3 Å². The highest BCUT2D eigenvalue weighted by Gasteiger charge is 2.27. The molecule has 0 spiro atoms. The van der Waals surface area contributed by atoms with E-state index in [0.717, 1.165) is 36.6 Å². The van der Waals surface area contributed by atoms with Crippen LogP contribution < -0.4 is 10.9 Å². The Morgan fingerprint density at radius 1 is 1.12 bits per heavy atom. The van der Waals surface area contributed by atoms with Gasteiger partial charge in [0.05, 0.1) is 13.2 Å². The molecule has 2 aliphatic rings. The van der Waals surface area contributed by atoms with Crippen LogP contribution in [0.5, 0.6) is 0 Å². The van der Waals surface area contributed by atoms with Crippen LogP contribution in [0.2, 0.25) is 0 Å². The summed E-state index contributed by atoms with van der Waals surface area (Å²) < 4.78 is 34.1. The molecule has 3 aromatic heterocycles. The Labute approximate surface area is 198 Å². The maximum Gasteiger partial charge on any atom is 0.255 e. The minimum Gasteiger partial charge on any atom is -0.379 e. The first-order chi connectivity index (χ1) is 16.5. The van der Waals surface area contributed by atoms with Gasteiger partial charge in [0.25, 0.3) is 5.56 Å². The average Bonchev–Trinajstić information content (AvgIpc) is 3.39. The lowest BCUT2D eigenvalue weighted by Gasteiger charge is -2.25. The Kier molecular flexibility index (Phi) is 6.32. The van der Waals surface area contributed by atoms with Gasteiger partial charge in [0.15, 0.2) is 0 Å². The third-order valence-electron chi connectivity index (χ3n) is 6.50. The molecule has 0 unspecified atom stereocenters. The summed E-state index contributed by atoms with van der Waals surface area (Å²) in [6.07, 6.45) is 7.85. The lowest BCUT2D eigenvalue weighted by atomic mass is 10.1. The van der Waals surface area contributed by atoms with E-state index in [9.17, 15) is 13.2 Å². The Bertz CT molecular complexity index is 1340. The number of ether oxygens (including phenoxy) is 1. The number of sulfonamides is 1. The number of nitrogens with zero attached hydrogens (tertiary/aromatic N) is 5. The topological polar surface area (TPSA) is 119 Å². The van der Waals surface area contributed by atoms with Gasteiger partial charge in [0.2, 0.25) is 16.0 Å². The molecule has 0 aromatic carbocycles. The zero-order valence-electron chi connectivity index (χ0n) is 19.1. The van der Waals surface area contributed by atoms with E-state index in [0.29, 0.717) is 50.1 Å². The molecule has 1 saturated heterocycles. The molecule has 1 N–H and O–H groups in total. The normalized spacial score (nSPS) is 17.9. The van der Waals surface area contributed by atoms with Crippen molar-refractivity contribution in [3.63, 3.8) is 0 Å². The van der Waals surface area contributed by atoms with Crippen LogP contribution >= 0.6 is 0 Å². The predicted molar refractivity (Wildman–Crippen MR) is 128 cm³/mol. The molecule has 3 aromatic rings. The van der Waals surface area contributed by atoms with Crippen LogP contribution in [0, 0.1) is 0 Å². The van der Waals surface area contributed by atoms with Gasteiger partial charge in [-0.1, -0.05) is 19.8 Å². The molecule has 1 aliphatic heterocycles. The first-order valence-electron chi connectivity index (χ1n) is 11.7. The highest BCUT2D eigenvalue weighted by Crippen LogP contribution is 2.31. The van der Waals surface area contributed by atoms with Gasteiger partial charge in [-0.25, -0.2) is 18.4 Å². The molecular formula is C23H28N6O4S. The van der Waals surface area contributed by atoms with Crippen LogP contribution in [-0.4, -0.2) is 58.5 Å². The van der Waals surface area contributed by atoms with Gasteiger partial charge in [-0.2, -0.15) is 9.29 Å². The molecule has 11 heteroatoms. The van der Waals surface area contributed by atoms with Crippen LogP contribution in [0.4, 0.5) is 11.8 Å². The lowest BCUT2D eigenvalue weighted by molar-refractivity contribution is 0.0730. The number of anilines is 2. The molecule has 2 fully saturated rings. The quantitative estimate of drug-likeness (QED) is 0.567. The van der Waals surface area contributed by atoms with Gasteiger partial charge < -0.3 is 10.1 Å². The first-order valence-corrected chi connectivity index (χ1v) is 13.1. The van der Waals surface area contributed by atoms with Crippen molar-refractivity contribution in [3.8, 4) is 0 Å². The van der Waals surface area contributed by atoms with Crippen molar-refractivity contribution < 1.29 is 13.2 Å². The van der Waals surface area contributed by atoms with Gasteiger partial charge in [0, 0.05) is 42.5 Å². The largest absolute Gasteiger partial charge is 0.379 e. The highest BCUT2D eigenvalue weighted by atomic mass is 32.2. The highest BCUT2D eigenvalue weighted by molar-refractivity contribution is 7.89. The van der Waals surface area contributed by atoms with Crippen LogP contribution in [0.25, 0.3) is 11.0 Å². The van der Waals surface area contributed by atoms with Crippen LogP contribution in [-0.2, 0) is 21.2 Å². The third-order valence-corrected chi connectivity index (χ3v) is 8.38. The second kappa shape index (κ2) is 9.40. The van der Waals surface area contributed by atoms with Gasteiger partial charge in [-0.05, 0) is 37.5 Å². The number of rotatable bonds is 6. The lowest BCUT2D eigenvalue weighted by Crippen LogP contribution is -2.40. The molecule has 1 saturated carbocycles. The maximum absolute atomic E-state index is 13.1. The monoisotopic (exact) mass is 484 g/mol. The molecular weight excluding hydrogens is 456 g/mol. The smallest absolute Gasteiger partial charge is 0.255 e. The van der Waals surface area contributed by atoms with E-state index in [-0.39, 0.29) is 16.5 Å².